The fourth-order valence-electron chi connectivity index (χ4n) is 5.85. The van der Waals surface area contributed by atoms with Crippen LogP contribution in [0.4, 0.5) is 11.8 Å². The second-order valence-electron chi connectivity index (χ2n) is 9.87. The highest BCUT2D eigenvalue weighted by Crippen LogP contribution is 2.44. The standard InChI is InChI=1S/C24H34N6S/c1-30(2)22-19-5-3-4-6-20(19)27-23(29-22)25-17-9-11-18(12-10-17)26-24(31)28-21-14-15-7-8-16(21)13-15/h3-6,15-18,21H,7-14H2,1-2H3,(H,25,27,29)(H2,26,28,31)/t15-,16+,17?,18?,21?/m1/s1. The van der Waals surface area contributed by atoms with Crippen molar-refractivity contribution in [3.8, 4) is 0 Å². The molecule has 0 radical (unpaired) electrons. The quantitative estimate of drug-likeness (QED) is 0.608. The van der Waals surface area contributed by atoms with E-state index in [0.717, 1.165) is 65.3 Å². The predicted octanol–water partition coefficient (Wildman–Crippen LogP) is 4.07. The Kier molecular flexibility index (Phi) is 5.87. The lowest BCUT2D eigenvalue weighted by Crippen LogP contribution is -2.49. The molecule has 166 valence electrons. The predicted molar refractivity (Wildman–Crippen MR) is 132 cm³/mol. The molecule has 2 bridgehead atoms. The molecule has 7 heteroatoms. The van der Waals surface area contributed by atoms with Crippen LogP contribution in [0.5, 0.6) is 0 Å². The van der Waals surface area contributed by atoms with E-state index in [2.05, 4.69) is 33.0 Å². The van der Waals surface area contributed by atoms with Gasteiger partial charge in [-0.3, -0.25) is 0 Å². The average Bonchev–Trinajstić information content (AvgIpc) is 3.37. The van der Waals surface area contributed by atoms with Crippen molar-refractivity contribution in [3.05, 3.63) is 24.3 Å². The third kappa shape index (κ3) is 4.56. The van der Waals surface area contributed by atoms with E-state index in [0.29, 0.717) is 18.1 Å². The highest BCUT2D eigenvalue weighted by molar-refractivity contribution is 7.80. The number of para-hydroxylation sites is 1. The number of nitrogens with zero attached hydrogens (tertiary/aromatic N) is 3. The number of hydrogen-bond donors (Lipinski definition) is 3. The molecule has 5 rings (SSSR count). The summed E-state index contributed by atoms with van der Waals surface area (Å²) in [5.41, 5.74) is 0.982. The topological polar surface area (TPSA) is 65.1 Å². The molecule has 0 aliphatic heterocycles. The highest BCUT2D eigenvalue weighted by Gasteiger charge is 2.39. The first kappa shape index (κ1) is 20.7. The van der Waals surface area contributed by atoms with Crippen molar-refractivity contribution < 1.29 is 0 Å². The van der Waals surface area contributed by atoms with Gasteiger partial charge < -0.3 is 20.9 Å². The molecule has 3 atom stereocenters. The first-order valence-corrected chi connectivity index (χ1v) is 12.2. The number of nitrogens with one attached hydrogen (secondary N) is 3. The lowest BCUT2D eigenvalue weighted by atomic mass is 9.91. The minimum Gasteiger partial charge on any atom is -0.362 e. The van der Waals surface area contributed by atoms with E-state index in [1.54, 1.807) is 0 Å². The first-order valence-electron chi connectivity index (χ1n) is 11.8. The zero-order valence-electron chi connectivity index (χ0n) is 18.6. The van der Waals surface area contributed by atoms with Crippen LogP contribution in [-0.2, 0) is 0 Å². The molecule has 3 saturated carbocycles. The molecule has 0 amide bonds. The molecular formula is C24H34N6S. The molecular weight excluding hydrogens is 404 g/mol. The number of hydrogen-bond acceptors (Lipinski definition) is 5. The molecule has 2 aromatic rings. The van der Waals surface area contributed by atoms with E-state index in [1.807, 2.05) is 26.2 Å². The third-order valence-corrected chi connectivity index (χ3v) is 7.69. The van der Waals surface area contributed by atoms with Crippen molar-refractivity contribution in [1.29, 1.82) is 0 Å². The summed E-state index contributed by atoms with van der Waals surface area (Å²) in [6.07, 6.45) is 9.96. The molecule has 3 fully saturated rings. The van der Waals surface area contributed by atoms with E-state index in [-0.39, 0.29) is 0 Å². The van der Waals surface area contributed by atoms with Crippen LogP contribution < -0.4 is 20.9 Å². The van der Waals surface area contributed by atoms with Crippen LogP contribution in [-0.4, -0.2) is 47.3 Å². The van der Waals surface area contributed by atoms with E-state index >= 15 is 0 Å². The van der Waals surface area contributed by atoms with Gasteiger partial charge in [0, 0.05) is 37.6 Å². The van der Waals surface area contributed by atoms with Gasteiger partial charge in [0.1, 0.15) is 5.82 Å². The van der Waals surface area contributed by atoms with Crippen LogP contribution >= 0.6 is 12.2 Å². The number of rotatable bonds is 5. The number of benzene rings is 1. The van der Waals surface area contributed by atoms with E-state index in [9.17, 15) is 0 Å². The van der Waals surface area contributed by atoms with Crippen molar-refractivity contribution in [1.82, 2.24) is 20.6 Å². The molecule has 0 spiro atoms. The SMILES string of the molecule is CN(C)c1nc(NC2CCC(NC(=S)NC3C[C@@H]4CC[C@H]3C4)CC2)nc2ccccc12. The summed E-state index contributed by atoms with van der Waals surface area (Å²) in [5, 5.41) is 12.8. The van der Waals surface area contributed by atoms with Crippen molar-refractivity contribution in [3.63, 3.8) is 0 Å². The van der Waals surface area contributed by atoms with Crippen molar-refractivity contribution >= 4 is 40.0 Å². The van der Waals surface area contributed by atoms with Gasteiger partial charge in [0.25, 0.3) is 0 Å². The maximum atomic E-state index is 5.64. The molecule has 6 nitrogen and oxygen atoms in total. The second-order valence-corrected chi connectivity index (χ2v) is 10.3. The Balaban J connectivity index is 1.14. The van der Waals surface area contributed by atoms with E-state index in [1.165, 1.54) is 25.7 Å². The largest absolute Gasteiger partial charge is 0.362 e. The normalized spacial score (nSPS) is 29.7. The molecule has 3 aliphatic carbocycles. The van der Waals surface area contributed by atoms with Gasteiger partial charge in [-0.15, -0.1) is 0 Å². The number of fused-ring (bicyclic) bond motifs is 3. The highest BCUT2D eigenvalue weighted by atomic mass is 32.1. The maximum absolute atomic E-state index is 5.64. The fourth-order valence-corrected chi connectivity index (χ4v) is 6.16. The zero-order chi connectivity index (χ0) is 21.4. The van der Waals surface area contributed by atoms with Gasteiger partial charge >= 0.3 is 0 Å². The van der Waals surface area contributed by atoms with Crippen LogP contribution in [0.3, 0.4) is 0 Å². The molecule has 31 heavy (non-hydrogen) atoms. The Labute approximate surface area is 190 Å². The Bertz CT molecular complexity index is 939. The third-order valence-electron chi connectivity index (χ3n) is 7.46. The van der Waals surface area contributed by atoms with Gasteiger partial charge in [-0.2, -0.15) is 4.98 Å². The lowest BCUT2D eigenvalue weighted by Gasteiger charge is -2.32. The zero-order valence-corrected chi connectivity index (χ0v) is 19.4. The maximum Gasteiger partial charge on any atom is 0.225 e. The van der Waals surface area contributed by atoms with Crippen molar-refractivity contribution in [2.24, 2.45) is 11.8 Å². The summed E-state index contributed by atoms with van der Waals surface area (Å²) in [6, 6.07) is 9.68. The van der Waals surface area contributed by atoms with Gasteiger partial charge in [0.15, 0.2) is 5.11 Å². The molecule has 3 aliphatic rings. The van der Waals surface area contributed by atoms with Crippen molar-refractivity contribution in [2.75, 3.05) is 24.3 Å². The Hall–Kier alpha value is -2.15. The number of anilines is 2. The van der Waals surface area contributed by atoms with Gasteiger partial charge in [0.05, 0.1) is 5.52 Å². The number of thiocarbonyl (C=S) groups is 1. The molecule has 1 heterocycles. The van der Waals surface area contributed by atoms with Gasteiger partial charge in [-0.05, 0) is 81.1 Å². The van der Waals surface area contributed by atoms with E-state index in [4.69, 9.17) is 22.2 Å². The second kappa shape index (κ2) is 8.77. The summed E-state index contributed by atoms with van der Waals surface area (Å²) in [6.45, 7) is 0. The van der Waals surface area contributed by atoms with Crippen molar-refractivity contribution in [2.45, 2.75) is 69.5 Å². The monoisotopic (exact) mass is 438 g/mol. The van der Waals surface area contributed by atoms with Crippen LogP contribution in [0.15, 0.2) is 24.3 Å². The summed E-state index contributed by atoms with van der Waals surface area (Å²) in [5.74, 6) is 3.48. The van der Waals surface area contributed by atoms with Gasteiger partial charge in [0.2, 0.25) is 5.95 Å². The Morgan fingerprint density at radius 3 is 2.42 bits per heavy atom. The lowest BCUT2D eigenvalue weighted by molar-refractivity contribution is 0.369. The minimum absolute atomic E-state index is 0.404. The van der Waals surface area contributed by atoms with Gasteiger partial charge in [-0.25, -0.2) is 4.98 Å². The summed E-state index contributed by atoms with van der Waals surface area (Å²) in [7, 11) is 4.06. The Morgan fingerprint density at radius 2 is 1.71 bits per heavy atom. The fraction of sp³-hybridized carbons (Fsp3) is 0.625. The molecule has 0 saturated heterocycles. The average molecular weight is 439 g/mol. The van der Waals surface area contributed by atoms with Crippen LogP contribution in [0.25, 0.3) is 10.9 Å². The number of aromatic nitrogens is 2. The summed E-state index contributed by atoms with van der Waals surface area (Å²) < 4.78 is 0. The van der Waals surface area contributed by atoms with E-state index < -0.39 is 0 Å². The first-order chi connectivity index (χ1) is 15.0. The summed E-state index contributed by atoms with van der Waals surface area (Å²) >= 11 is 5.64. The smallest absolute Gasteiger partial charge is 0.225 e. The van der Waals surface area contributed by atoms with Crippen LogP contribution in [0.1, 0.15) is 51.4 Å². The summed E-state index contributed by atoms with van der Waals surface area (Å²) in [4.78, 5) is 11.6. The molecule has 1 aromatic heterocycles. The molecule has 1 aromatic carbocycles. The molecule has 1 unspecified atom stereocenters. The van der Waals surface area contributed by atoms with Crippen LogP contribution in [0.2, 0.25) is 0 Å². The van der Waals surface area contributed by atoms with Crippen LogP contribution in [0, 0.1) is 11.8 Å². The minimum atomic E-state index is 0.404. The Morgan fingerprint density at radius 1 is 0.935 bits per heavy atom. The van der Waals surface area contributed by atoms with Gasteiger partial charge in [-0.1, -0.05) is 18.6 Å². The molecule has 3 N–H and O–H groups in total.